The van der Waals surface area contributed by atoms with Crippen molar-refractivity contribution in [1.82, 2.24) is 0 Å². The standard InChI is InChI=1S/C53H37N/c1-4-18-40(19-5-1)52-46-26-11-10-17-39(46)33-36-51(52)54(44-23-8-3-9-24-44)45-25-16-20-41(37-45)38-31-34-43(35-32-38)53(42-21-6-2-7-22-42)49-29-14-12-27-47(49)48-28-13-15-30-50(48)53/h1-37H. The normalized spacial score (nSPS) is 12.6. The molecule has 1 nitrogen and oxygen atoms in total. The maximum absolute atomic E-state index is 2.41. The molecule has 0 radical (unpaired) electrons. The molecule has 9 aromatic rings. The minimum atomic E-state index is -0.414. The maximum atomic E-state index is 2.41. The van der Waals surface area contributed by atoms with Gasteiger partial charge in [-0.2, -0.15) is 0 Å². The third-order valence-corrected chi connectivity index (χ3v) is 11.1. The van der Waals surface area contributed by atoms with E-state index >= 15 is 0 Å². The van der Waals surface area contributed by atoms with Crippen molar-refractivity contribution in [2.24, 2.45) is 0 Å². The highest BCUT2D eigenvalue weighted by Gasteiger charge is 2.45. The van der Waals surface area contributed by atoms with Crippen molar-refractivity contribution in [3.05, 3.63) is 247 Å². The van der Waals surface area contributed by atoms with Gasteiger partial charge in [0.25, 0.3) is 0 Å². The SMILES string of the molecule is c1ccc(-c2c(N(c3ccccc3)c3cccc(-c4ccc(C5(c6ccccc6)c6ccccc6-c6ccccc65)cc4)c3)ccc3ccccc23)cc1. The van der Waals surface area contributed by atoms with Crippen LogP contribution in [-0.4, -0.2) is 0 Å². The summed E-state index contributed by atoms with van der Waals surface area (Å²) in [5.41, 5.74) is 15.5. The van der Waals surface area contributed by atoms with Crippen LogP contribution in [0.15, 0.2) is 224 Å². The lowest BCUT2D eigenvalue weighted by Gasteiger charge is -2.34. The third kappa shape index (κ3) is 5.09. The Morgan fingerprint density at radius 3 is 1.57 bits per heavy atom. The van der Waals surface area contributed by atoms with Crippen LogP contribution in [0.5, 0.6) is 0 Å². The zero-order chi connectivity index (χ0) is 35.9. The molecule has 254 valence electrons. The number of nitrogens with zero attached hydrogens (tertiary/aromatic N) is 1. The number of hydrogen-bond acceptors (Lipinski definition) is 1. The summed E-state index contributed by atoms with van der Waals surface area (Å²) >= 11 is 0. The Bertz CT molecular complexity index is 2700. The van der Waals surface area contributed by atoms with Gasteiger partial charge in [-0.15, -0.1) is 0 Å². The second-order valence-electron chi connectivity index (χ2n) is 14.1. The first kappa shape index (κ1) is 31.7. The highest BCUT2D eigenvalue weighted by molar-refractivity contribution is 6.05. The molecule has 0 heterocycles. The lowest BCUT2D eigenvalue weighted by atomic mass is 9.67. The van der Waals surface area contributed by atoms with E-state index in [1.165, 1.54) is 66.4 Å². The molecule has 0 atom stereocenters. The topological polar surface area (TPSA) is 3.24 Å². The fraction of sp³-hybridized carbons (Fsp3) is 0.0189. The second-order valence-corrected chi connectivity index (χ2v) is 14.1. The van der Waals surface area contributed by atoms with E-state index in [0.717, 1.165) is 17.1 Å². The van der Waals surface area contributed by atoms with E-state index in [1.54, 1.807) is 0 Å². The smallest absolute Gasteiger partial charge is 0.0713 e. The van der Waals surface area contributed by atoms with Crippen LogP contribution in [-0.2, 0) is 5.41 Å². The number of benzene rings is 9. The molecule has 0 bridgehead atoms. The molecule has 0 spiro atoms. The van der Waals surface area contributed by atoms with Gasteiger partial charge in [0.15, 0.2) is 0 Å². The number of hydrogen-bond donors (Lipinski definition) is 0. The van der Waals surface area contributed by atoms with Gasteiger partial charge >= 0.3 is 0 Å². The summed E-state index contributed by atoms with van der Waals surface area (Å²) in [7, 11) is 0. The Balaban J connectivity index is 1.12. The minimum absolute atomic E-state index is 0.414. The van der Waals surface area contributed by atoms with E-state index in [0.29, 0.717) is 0 Å². The van der Waals surface area contributed by atoms with Gasteiger partial charge in [-0.25, -0.2) is 0 Å². The second kappa shape index (κ2) is 13.2. The lowest BCUT2D eigenvalue weighted by molar-refractivity contribution is 0.768. The summed E-state index contributed by atoms with van der Waals surface area (Å²) < 4.78 is 0. The molecular weight excluding hydrogens is 651 g/mol. The summed E-state index contributed by atoms with van der Waals surface area (Å²) in [6.45, 7) is 0. The Kier molecular flexibility index (Phi) is 7.78. The fourth-order valence-corrected chi connectivity index (χ4v) is 8.81. The van der Waals surface area contributed by atoms with Crippen LogP contribution in [0.25, 0.3) is 44.2 Å². The Labute approximate surface area is 317 Å². The molecule has 0 N–H and O–H groups in total. The predicted octanol–water partition coefficient (Wildman–Crippen LogP) is 14.0. The number of fused-ring (bicyclic) bond motifs is 4. The molecule has 0 aromatic heterocycles. The Morgan fingerprint density at radius 1 is 0.333 bits per heavy atom. The van der Waals surface area contributed by atoms with Gasteiger partial charge in [0.05, 0.1) is 11.1 Å². The molecule has 1 aliphatic carbocycles. The van der Waals surface area contributed by atoms with Crippen molar-refractivity contribution in [3.63, 3.8) is 0 Å². The van der Waals surface area contributed by atoms with Gasteiger partial charge in [0.1, 0.15) is 0 Å². The first-order valence-electron chi connectivity index (χ1n) is 18.7. The van der Waals surface area contributed by atoms with Gasteiger partial charge in [0.2, 0.25) is 0 Å². The van der Waals surface area contributed by atoms with Crippen molar-refractivity contribution in [2.45, 2.75) is 5.41 Å². The van der Waals surface area contributed by atoms with Crippen molar-refractivity contribution in [2.75, 3.05) is 4.90 Å². The predicted molar refractivity (Wildman–Crippen MR) is 227 cm³/mol. The molecule has 0 aliphatic heterocycles. The summed E-state index contributed by atoms with van der Waals surface area (Å²) in [5.74, 6) is 0. The molecule has 1 heteroatoms. The average Bonchev–Trinajstić information content (AvgIpc) is 3.56. The summed E-state index contributed by atoms with van der Waals surface area (Å²) in [5, 5.41) is 2.46. The molecule has 0 fully saturated rings. The van der Waals surface area contributed by atoms with Crippen LogP contribution in [0.3, 0.4) is 0 Å². The molecular formula is C53H37N. The lowest BCUT2D eigenvalue weighted by Crippen LogP contribution is -2.28. The zero-order valence-corrected chi connectivity index (χ0v) is 29.8. The van der Waals surface area contributed by atoms with Crippen molar-refractivity contribution < 1.29 is 0 Å². The van der Waals surface area contributed by atoms with E-state index in [2.05, 4.69) is 229 Å². The first-order valence-corrected chi connectivity index (χ1v) is 18.7. The molecule has 0 unspecified atom stereocenters. The Hall–Kier alpha value is -6.96. The van der Waals surface area contributed by atoms with Crippen LogP contribution in [0, 0.1) is 0 Å². The molecule has 0 saturated heterocycles. The van der Waals surface area contributed by atoms with E-state index in [9.17, 15) is 0 Å². The van der Waals surface area contributed by atoms with Crippen LogP contribution in [0.4, 0.5) is 17.1 Å². The van der Waals surface area contributed by atoms with Crippen LogP contribution in [0.2, 0.25) is 0 Å². The highest BCUT2D eigenvalue weighted by Crippen LogP contribution is 2.56. The van der Waals surface area contributed by atoms with Crippen molar-refractivity contribution in [1.29, 1.82) is 0 Å². The highest BCUT2D eigenvalue weighted by atomic mass is 15.1. The zero-order valence-electron chi connectivity index (χ0n) is 29.8. The van der Waals surface area contributed by atoms with E-state index in [4.69, 9.17) is 0 Å². The monoisotopic (exact) mass is 687 g/mol. The first-order chi connectivity index (χ1) is 26.8. The van der Waals surface area contributed by atoms with Gasteiger partial charge < -0.3 is 4.90 Å². The fourth-order valence-electron chi connectivity index (χ4n) is 8.81. The minimum Gasteiger partial charge on any atom is -0.310 e. The molecule has 54 heavy (non-hydrogen) atoms. The van der Waals surface area contributed by atoms with Crippen LogP contribution >= 0.6 is 0 Å². The third-order valence-electron chi connectivity index (χ3n) is 11.1. The molecule has 10 rings (SSSR count). The average molecular weight is 688 g/mol. The number of para-hydroxylation sites is 1. The van der Waals surface area contributed by atoms with Gasteiger partial charge in [-0.05, 0) is 91.2 Å². The van der Waals surface area contributed by atoms with Crippen molar-refractivity contribution in [3.8, 4) is 33.4 Å². The van der Waals surface area contributed by atoms with E-state index < -0.39 is 5.41 Å². The van der Waals surface area contributed by atoms with Crippen LogP contribution in [0.1, 0.15) is 22.3 Å². The Morgan fingerprint density at radius 2 is 0.870 bits per heavy atom. The molecule has 1 aliphatic rings. The maximum Gasteiger partial charge on any atom is 0.0713 e. The quantitative estimate of drug-likeness (QED) is 0.161. The van der Waals surface area contributed by atoms with Gasteiger partial charge in [-0.3, -0.25) is 0 Å². The van der Waals surface area contributed by atoms with E-state index in [1.807, 2.05) is 0 Å². The van der Waals surface area contributed by atoms with Gasteiger partial charge in [-0.1, -0.05) is 194 Å². The van der Waals surface area contributed by atoms with E-state index in [-0.39, 0.29) is 0 Å². The summed E-state index contributed by atoms with van der Waals surface area (Å²) in [6, 6.07) is 81.9. The summed E-state index contributed by atoms with van der Waals surface area (Å²) in [4.78, 5) is 2.41. The number of rotatable bonds is 7. The van der Waals surface area contributed by atoms with Crippen molar-refractivity contribution >= 4 is 27.8 Å². The molecule has 0 amide bonds. The molecule has 0 saturated carbocycles. The van der Waals surface area contributed by atoms with Crippen LogP contribution < -0.4 is 4.90 Å². The number of anilines is 3. The largest absolute Gasteiger partial charge is 0.310 e. The summed E-state index contributed by atoms with van der Waals surface area (Å²) in [6.07, 6.45) is 0. The van der Waals surface area contributed by atoms with Gasteiger partial charge in [0, 0.05) is 16.9 Å². The molecule has 9 aromatic carbocycles.